The van der Waals surface area contributed by atoms with E-state index in [4.69, 9.17) is 4.74 Å². The Morgan fingerprint density at radius 1 is 1.12 bits per heavy atom. The summed E-state index contributed by atoms with van der Waals surface area (Å²) in [5, 5.41) is 0. The Kier molecular flexibility index (Phi) is 8.39. The average Bonchev–Trinajstić information content (AvgIpc) is 2.12. The van der Waals surface area contributed by atoms with E-state index < -0.39 is 11.9 Å². The fourth-order valence-corrected chi connectivity index (χ4v) is 0.672. The lowest BCUT2D eigenvalue weighted by Crippen LogP contribution is -2.37. The molecule has 0 spiro atoms. The van der Waals surface area contributed by atoms with Gasteiger partial charge in [-0.1, -0.05) is 0 Å². The minimum atomic E-state index is -0.571. The predicted molar refractivity (Wildman–Crippen MR) is 61.4 cm³/mol. The number of quaternary nitrogens is 1. The van der Waals surface area contributed by atoms with Crippen LogP contribution in [-0.4, -0.2) is 57.8 Å². The van der Waals surface area contributed by atoms with Gasteiger partial charge in [0.05, 0.1) is 28.3 Å². The Bertz CT molecular complexity index is 253. The van der Waals surface area contributed by atoms with Gasteiger partial charge in [0.1, 0.15) is 13.2 Å². The third-order valence-corrected chi connectivity index (χ3v) is 1.56. The first kappa shape index (κ1) is 17.0. The number of carbonyl (C=O) groups excluding carboxylic acids is 2. The first-order chi connectivity index (χ1) is 6.85. The molecule has 16 heavy (non-hydrogen) atoms. The van der Waals surface area contributed by atoms with Crippen molar-refractivity contribution in [2.75, 3.05) is 41.4 Å². The summed E-state index contributed by atoms with van der Waals surface area (Å²) in [7, 11) is 7.24. The molecule has 0 aromatic rings. The summed E-state index contributed by atoms with van der Waals surface area (Å²) in [5.74, 6) is -1.10. The minimum Gasteiger partial charge on any atom is -0.466 e. The minimum absolute atomic E-state index is 0. The summed E-state index contributed by atoms with van der Waals surface area (Å²) in [6.45, 7) is 1.05. The Morgan fingerprint density at radius 3 is 2.06 bits per heavy atom. The molecule has 0 aromatic heterocycles. The van der Waals surface area contributed by atoms with Crippen LogP contribution in [0.15, 0.2) is 12.2 Å². The second-order valence-electron chi connectivity index (χ2n) is 4.04. The fraction of sp³-hybridized carbons (Fsp3) is 0.545. The maximum atomic E-state index is 11.0. The summed E-state index contributed by atoms with van der Waals surface area (Å²) in [6.07, 6.45) is 2.09. The van der Waals surface area contributed by atoms with Gasteiger partial charge >= 0.3 is 11.9 Å². The van der Waals surface area contributed by atoms with Crippen LogP contribution in [0.25, 0.3) is 0 Å². The molecule has 0 atom stereocenters. The van der Waals surface area contributed by atoms with Gasteiger partial charge in [-0.3, -0.25) is 0 Å². The molecule has 0 amide bonds. The zero-order valence-electron chi connectivity index (χ0n) is 10.6. The van der Waals surface area contributed by atoms with Gasteiger partial charge in [-0.05, 0) is 0 Å². The molecule has 0 saturated heterocycles. The predicted octanol–water partition coefficient (Wildman–Crippen LogP) is 0.415. The number of carbonyl (C=O) groups is 2. The van der Waals surface area contributed by atoms with Crippen molar-refractivity contribution in [1.29, 1.82) is 0 Å². The second kappa shape index (κ2) is 7.87. The number of hydrogen-bond acceptors (Lipinski definition) is 4. The van der Waals surface area contributed by atoms with E-state index in [1.807, 2.05) is 21.1 Å². The lowest BCUT2D eigenvalue weighted by Gasteiger charge is -2.23. The normalized spacial score (nSPS) is 10.8. The molecule has 0 rings (SSSR count). The van der Waals surface area contributed by atoms with Crippen LogP contribution in [0.4, 0.5) is 0 Å². The highest BCUT2D eigenvalue weighted by molar-refractivity contribution is 5.91. The van der Waals surface area contributed by atoms with Crippen LogP contribution >= 0.6 is 0 Å². The Labute approximate surface area is 97.2 Å². The van der Waals surface area contributed by atoms with Crippen molar-refractivity contribution < 1.29 is 23.5 Å². The van der Waals surface area contributed by atoms with Gasteiger partial charge < -0.3 is 21.4 Å². The number of likely N-dealkylation sites (N-methyl/N-ethyl adjacent to an activating group) is 1. The molecule has 0 heterocycles. The van der Waals surface area contributed by atoms with Gasteiger partial charge in [0, 0.05) is 12.2 Å². The van der Waals surface area contributed by atoms with Crippen molar-refractivity contribution in [3.05, 3.63) is 19.6 Å². The molecule has 0 unspecified atom stereocenters. The number of esters is 2. The van der Waals surface area contributed by atoms with Crippen LogP contribution in [0.3, 0.4) is 0 Å². The Balaban J connectivity index is 0. The van der Waals surface area contributed by atoms with Crippen molar-refractivity contribution in [3.8, 4) is 0 Å². The topological polar surface area (TPSA) is 52.6 Å². The van der Waals surface area contributed by atoms with E-state index in [0.717, 1.165) is 18.7 Å². The van der Waals surface area contributed by atoms with Crippen LogP contribution in [0.2, 0.25) is 0 Å². The number of nitrogens with zero attached hydrogens (tertiary/aromatic N) is 1. The smallest absolute Gasteiger partial charge is 0.331 e. The van der Waals surface area contributed by atoms with E-state index in [9.17, 15) is 9.59 Å². The molecule has 5 heteroatoms. The van der Waals surface area contributed by atoms with Gasteiger partial charge in [0.25, 0.3) is 0 Å². The van der Waals surface area contributed by atoms with Gasteiger partial charge in [-0.2, -0.15) is 0 Å². The molecule has 0 aromatic carbocycles. The highest BCUT2D eigenvalue weighted by Crippen LogP contribution is 1.91. The summed E-state index contributed by atoms with van der Waals surface area (Å²) in [6, 6.07) is 0. The van der Waals surface area contributed by atoms with E-state index in [-0.39, 0.29) is 7.43 Å². The van der Waals surface area contributed by atoms with E-state index in [1.165, 1.54) is 7.11 Å². The van der Waals surface area contributed by atoms with Crippen molar-refractivity contribution in [3.63, 3.8) is 0 Å². The first-order valence-corrected chi connectivity index (χ1v) is 4.58. The number of ether oxygens (including phenoxy) is 2. The lowest BCUT2D eigenvalue weighted by atomic mass is 10.5. The standard InChI is InChI=1S/C10H18NO4.CH3/c1-11(2,3)7-8-15-10(13)6-5-9(12)14-4;/h5-6H,7-8H2,1-4H3;1H3/q+1;-1/b6-5+;. The third kappa shape index (κ3) is 10.7. The van der Waals surface area contributed by atoms with Gasteiger partial charge in [0.15, 0.2) is 0 Å². The molecule has 94 valence electrons. The molecule has 5 nitrogen and oxygen atoms in total. The molecule has 0 N–H and O–H groups in total. The Morgan fingerprint density at radius 2 is 1.62 bits per heavy atom. The Hall–Kier alpha value is -1.36. The van der Waals surface area contributed by atoms with Crippen LogP contribution in [0, 0.1) is 7.43 Å². The highest BCUT2D eigenvalue weighted by atomic mass is 16.5. The van der Waals surface area contributed by atoms with Gasteiger partial charge in [0.2, 0.25) is 0 Å². The van der Waals surface area contributed by atoms with Gasteiger partial charge in [-0.25, -0.2) is 9.59 Å². The number of hydrogen-bond donors (Lipinski definition) is 0. The van der Waals surface area contributed by atoms with Crippen molar-refractivity contribution >= 4 is 11.9 Å². The van der Waals surface area contributed by atoms with Crippen LogP contribution in [0.1, 0.15) is 0 Å². The largest absolute Gasteiger partial charge is 0.466 e. The fourth-order valence-electron chi connectivity index (χ4n) is 0.672. The summed E-state index contributed by atoms with van der Waals surface area (Å²) < 4.78 is 9.90. The molecular weight excluding hydrogens is 210 g/mol. The molecule has 0 saturated carbocycles. The van der Waals surface area contributed by atoms with Crippen LogP contribution in [-0.2, 0) is 19.1 Å². The molecule has 0 aliphatic heterocycles. The van der Waals surface area contributed by atoms with Crippen molar-refractivity contribution in [1.82, 2.24) is 0 Å². The highest BCUT2D eigenvalue weighted by Gasteiger charge is 2.07. The maximum Gasteiger partial charge on any atom is 0.331 e. The van der Waals surface area contributed by atoms with E-state index in [0.29, 0.717) is 11.1 Å². The average molecular weight is 231 g/mol. The zero-order chi connectivity index (χ0) is 11.9. The summed E-state index contributed by atoms with van der Waals surface area (Å²) in [4.78, 5) is 21.7. The van der Waals surface area contributed by atoms with Gasteiger partial charge in [-0.15, -0.1) is 0 Å². The third-order valence-electron chi connectivity index (χ3n) is 1.56. The maximum absolute atomic E-state index is 11.0. The molecule has 0 fully saturated rings. The monoisotopic (exact) mass is 231 g/mol. The van der Waals surface area contributed by atoms with Crippen LogP contribution in [0.5, 0.6) is 0 Å². The number of rotatable bonds is 5. The summed E-state index contributed by atoms with van der Waals surface area (Å²) >= 11 is 0. The molecule has 0 radical (unpaired) electrons. The molecule has 0 bridgehead atoms. The molecule has 0 aliphatic carbocycles. The molecule has 0 aliphatic rings. The second-order valence-corrected chi connectivity index (χ2v) is 4.04. The van der Waals surface area contributed by atoms with E-state index in [1.54, 1.807) is 0 Å². The zero-order valence-corrected chi connectivity index (χ0v) is 10.6. The van der Waals surface area contributed by atoms with E-state index in [2.05, 4.69) is 4.74 Å². The van der Waals surface area contributed by atoms with Crippen molar-refractivity contribution in [2.24, 2.45) is 0 Å². The van der Waals surface area contributed by atoms with Crippen LogP contribution < -0.4 is 0 Å². The lowest BCUT2D eigenvalue weighted by molar-refractivity contribution is -0.870. The first-order valence-electron chi connectivity index (χ1n) is 4.58. The SMILES string of the molecule is COC(=O)/C=C/C(=O)OCC[N+](C)(C)C.[CH3-]. The summed E-state index contributed by atoms with van der Waals surface area (Å²) in [5.41, 5.74) is 0. The number of methoxy groups -OCH3 is 1. The quantitative estimate of drug-likeness (QED) is 0.298. The van der Waals surface area contributed by atoms with Crippen molar-refractivity contribution in [2.45, 2.75) is 0 Å². The molecular formula is C11H21NO4. The van der Waals surface area contributed by atoms with E-state index >= 15 is 0 Å².